The molecular formula is C17H29NO2. The van der Waals surface area contributed by atoms with Gasteiger partial charge in [-0.1, -0.05) is 25.1 Å². The summed E-state index contributed by atoms with van der Waals surface area (Å²) in [4.78, 5) is 0. The number of benzene rings is 1. The molecule has 0 aliphatic rings. The highest BCUT2D eigenvalue weighted by atomic mass is 16.5. The largest absolute Gasteiger partial charge is 0.496 e. The zero-order valence-electron chi connectivity index (χ0n) is 13.3. The maximum Gasteiger partial charge on any atom is 0.122 e. The molecule has 0 amide bonds. The van der Waals surface area contributed by atoms with Crippen molar-refractivity contribution in [1.82, 2.24) is 5.32 Å². The van der Waals surface area contributed by atoms with Gasteiger partial charge in [-0.3, -0.25) is 0 Å². The zero-order chi connectivity index (χ0) is 14.8. The van der Waals surface area contributed by atoms with Gasteiger partial charge in [0.2, 0.25) is 0 Å². The maximum absolute atomic E-state index is 5.44. The molecule has 0 aromatic heterocycles. The Morgan fingerprint density at radius 2 is 1.90 bits per heavy atom. The number of rotatable bonds is 10. The van der Waals surface area contributed by atoms with Gasteiger partial charge < -0.3 is 14.8 Å². The number of nitrogens with one attached hydrogen (secondary N) is 1. The third-order valence-electron chi connectivity index (χ3n) is 3.67. The Morgan fingerprint density at radius 1 is 1.15 bits per heavy atom. The molecule has 0 heterocycles. The van der Waals surface area contributed by atoms with Crippen LogP contribution in [0.4, 0.5) is 0 Å². The quantitative estimate of drug-likeness (QED) is 0.712. The maximum atomic E-state index is 5.44. The Balaban J connectivity index is 2.62. The Morgan fingerprint density at radius 3 is 2.55 bits per heavy atom. The highest BCUT2D eigenvalue weighted by Crippen LogP contribution is 2.20. The van der Waals surface area contributed by atoms with Crippen molar-refractivity contribution in [3.63, 3.8) is 0 Å². The molecule has 2 unspecified atom stereocenters. The highest BCUT2D eigenvalue weighted by Gasteiger charge is 2.13. The average molecular weight is 279 g/mol. The van der Waals surface area contributed by atoms with Gasteiger partial charge in [0, 0.05) is 13.2 Å². The first-order valence-corrected chi connectivity index (χ1v) is 7.59. The summed E-state index contributed by atoms with van der Waals surface area (Å²) < 4.78 is 10.8. The SMILES string of the molecule is CCCNC(CCC(C)OC)Cc1ccccc1OC. The van der Waals surface area contributed by atoms with Crippen molar-refractivity contribution in [3.8, 4) is 5.75 Å². The Hall–Kier alpha value is -1.06. The van der Waals surface area contributed by atoms with Crippen LogP contribution in [0.5, 0.6) is 5.75 Å². The Kier molecular flexibility index (Phi) is 8.31. The van der Waals surface area contributed by atoms with Crippen molar-refractivity contribution in [3.05, 3.63) is 29.8 Å². The molecular weight excluding hydrogens is 250 g/mol. The van der Waals surface area contributed by atoms with E-state index >= 15 is 0 Å². The molecule has 0 aliphatic carbocycles. The summed E-state index contributed by atoms with van der Waals surface area (Å²) in [6.45, 7) is 5.38. The second-order valence-corrected chi connectivity index (χ2v) is 5.29. The summed E-state index contributed by atoms with van der Waals surface area (Å²) in [5.41, 5.74) is 1.27. The molecule has 2 atom stereocenters. The average Bonchev–Trinajstić information content (AvgIpc) is 2.49. The van der Waals surface area contributed by atoms with E-state index in [-0.39, 0.29) is 0 Å². The summed E-state index contributed by atoms with van der Waals surface area (Å²) >= 11 is 0. The van der Waals surface area contributed by atoms with Gasteiger partial charge in [-0.25, -0.2) is 0 Å². The normalized spacial score (nSPS) is 14.0. The molecule has 0 saturated heterocycles. The molecule has 1 rings (SSSR count). The molecule has 1 aromatic rings. The summed E-state index contributed by atoms with van der Waals surface area (Å²) in [7, 11) is 3.51. The number of para-hydroxylation sites is 1. The van der Waals surface area contributed by atoms with Gasteiger partial charge in [-0.2, -0.15) is 0 Å². The molecule has 1 aromatic carbocycles. The third kappa shape index (κ3) is 5.93. The minimum absolute atomic E-state index is 0.318. The topological polar surface area (TPSA) is 30.5 Å². The summed E-state index contributed by atoms with van der Waals surface area (Å²) in [6.07, 6.45) is 4.67. The van der Waals surface area contributed by atoms with Gasteiger partial charge in [-0.15, -0.1) is 0 Å². The molecule has 20 heavy (non-hydrogen) atoms. The lowest BCUT2D eigenvalue weighted by Crippen LogP contribution is -2.32. The predicted octanol–water partition coefficient (Wildman–Crippen LogP) is 3.42. The molecule has 0 saturated carbocycles. The molecule has 0 aliphatic heterocycles. The third-order valence-corrected chi connectivity index (χ3v) is 3.67. The van der Waals surface area contributed by atoms with E-state index in [0.29, 0.717) is 12.1 Å². The van der Waals surface area contributed by atoms with Gasteiger partial charge in [0.25, 0.3) is 0 Å². The van der Waals surface area contributed by atoms with E-state index in [0.717, 1.165) is 38.0 Å². The Bertz CT molecular complexity index is 368. The van der Waals surface area contributed by atoms with E-state index in [2.05, 4.69) is 31.3 Å². The second kappa shape index (κ2) is 9.78. The van der Waals surface area contributed by atoms with E-state index in [4.69, 9.17) is 9.47 Å². The molecule has 0 radical (unpaired) electrons. The predicted molar refractivity (Wildman–Crippen MR) is 84.5 cm³/mol. The first kappa shape index (κ1) is 17.0. The fourth-order valence-electron chi connectivity index (χ4n) is 2.32. The first-order chi connectivity index (χ1) is 9.71. The lowest BCUT2D eigenvalue weighted by Gasteiger charge is -2.21. The molecule has 0 spiro atoms. The molecule has 0 bridgehead atoms. The van der Waals surface area contributed by atoms with Gasteiger partial charge in [0.15, 0.2) is 0 Å². The van der Waals surface area contributed by atoms with Crippen molar-refractivity contribution in [2.24, 2.45) is 0 Å². The summed E-state index contributed by atoms with van der Waals surface area (Å²) in [5.74, 6) is 0.982. The standard InChI is InChI=1S/C17H29NO2/c1-5-12-18-16(11-10-14(2)19-3)13-15-8-6-7-9-17(15)20-4/h6-9,14,16,18H,5,10-13H2,1-4H3. The van der Waals surface area contributed by atoms with E-state index < -0.39 is 0 Å². The van der Waals surface area contributed by atoms with Crippen LogP contribution in [0, 0.1) is 0 Å². The van der Waals surface area contributed by atoms with Gasteiger partial charge in [0.05, 0.1) is 13.2 Å². The number of hydrogen-bond acceptors (Lipinski definition) is 3. The van der Waals surface area contributed by atoms with Crippen molar-refractivity contribution in [1.29, 1.82) is 0 Å². The second-order valence-electron chi connectivity index (χ2n) is 5.29. The van der Waals surface area contributed by atoms with Crippen molar-refractivity contribution >= 4 is 0 Å². The van der Waals surface area contributed by atoms with Crippen LogP contribution in [0.1, 0.15) is 38.7 Å². The van der Waals surface area contributed by atoms with E-state index in [1.807, 2.05) is 12.1 Å². The van der Waals surface area contributed by atoms with E-state index in [1.54, 1.807) is 14.2 Å². The Labute approximate surface area is 123 Å². The number of ether oxygens (including phenoxy) is 2. The van der Waals surface area contributed by atoms with Crippen LogP contribution >= 0.6 is 0 Å². The van der Waals surface area contributed by atoms with Crippen LogP contribution in [0.25, 0.3) is 0 Å². The summed E-state index contributed by atoms with van der Waals surface area (Å²) in [5, 5.41) is 3.64. The minimum atomic E-state index is 0.318. The van der Waals surface area contributed by atoms with Gasteiger partial charge >= 0.3 is 0 Å². The fraction of sp³-hybridized carbons (Fsp3) is 0.647. The van der Waals surface area contributed by atoms with Crippen LogP contribution in [0.3, 0.4) is 0 Å². The molecule has 3 nitrogen and oxygen atoms in total. The monoisotopic (exact) mass is 279 g/mol. The van der Waals surface area contributed by atoms with Crippen LogP contribution in [0.2, 0.25) is 0 Å². The molecule has 0 fully saturated rings. The van der Waals surface area contributed by atoms with Crippen LogP contribution in [-0.4, -0.2) is 32.9 Å². The van der Waals surface area contributed by atoms with Crippen molar-refractivity contribution in [2.75, 3.05) is 20.8 Å². The van der Waals surface area contributed by atoms with Crippen molar-refractivity contribution < 1.29 is 9.47 Å². The van der Waals surface area contributed by atoms with Gasteiger partial charge in [0.1, 0.15) is 5.75 Å². The molecule has 3 heteroatoms. The van der Waals surface area contributed by atoms with E-state index in [1.165, 1.54) is 5.56 Å². The van der Waals surface area contributed by atoms with Crippen LogP contribution in [-0.2, 0) is 11.2 Å². The minimum Gasteiger partial charge on any atom is -0.496 e. The van der Waals surface area contributed by atoms with Gasteiger partial charge in [-0.05, 0) is 50.8 Å². The highest BCUT2D eigenvalue weighted by molar-refractivity contribution is 5.33. The van der Waals surface area contributed by atoms with Crippen LogP contribution < -0.4 is 10.1 Å². The smallest absolute Gasteiger partial charge is 0.122 e. The van der Waals surface area contributed by atoms with Crippen LogP contribution in [0.15, 0.2) is 24.3 Å². The number of hydrogen-bond donors (Lipinski definition) is 1. The molecule has 114 valence electrons. The summed E-state index contributed by atoms with van der Waals surface area (Å²) in [6, 6.07) is 8.75. The van der Waals surface area contributed by atoms with E-state index in [9.17, 15) is 0 Å². The lowest BCUT2D eigenvalue weighted by atomic mass is 9.99. The lowest BCUT2D eigenvalue weighted by molar-refractivity contribution is 0.106. The fourth-order valence-corrected chi connectivity index (χ4v) is 2.32. The zero-order valence-corrected chi connectivity index (χ0v) is 13.3. The number of methoxy groups -OCH3 is 2. The van der Waals surface area contributed by atoms with Crippen molar-refractivity contribution in [2.45, 2.75) is 51.7 Å². The first-order valence-electron chi connectivity index (χ1n) is 7.59. The molecule has 1 N–H and O–H groups in total.